The minimum Gasteiger partial charge on any atom is -0.393 e. The average Bonchev–Trinajstić information content (AvgIpc) is 2.95. The molecule has 0 saturated heterocycles. The van der Waals surface area contributed by atoms with Gasteiger partial charge in [0.1, 0.15) is 6.10 Å². The Morgan fingerprint density at radius 1 is 1.28 bits per heavy atom. The molecule has 0 bridgehead atoms. The summed E-state index contributed by atoms with van der Waals surface area (Å²) in [6.07, 6.45) is 16.5. The maximum atomic E-state index is 12.5. The lowest BCUT2D eigenvalue weighted by atomic mass is 9.75. The van der Waals surface area contributed by atoms with Gasteiger partial charge in [0.05, 0.1) is 12.2 Å². The number of hydrogen-bond donors (Lipinski definition) is 1. The lowest BCUT2D eigenvalue weighted by Gasteiger charge is -2.38. The fourth-order valence-electron chi connectivity index (χ4n) is 4.49. The predicted octanol–water partition coefficient (Wildman–Crippen LogP) is 4.51. The Kier molecular flexibility index (Phi) is 6.29. The number of fused-ring (bicyclic) bond motifs is 3. The van der Waals surface area contributed by atoms with Gasteiger partial charge in [0.15, 0.2) is 5.78 Å². The largest absolute Gasteiger partial charge is 0.393 e. The zero-order valence-corrected chi connectivity index (χ0v) is 15.6. The first-order valence-electron chi connectivity index (χ1n) is 10.0. The first-order chi connectivity index (χ1) is 12.1. The molecule has 0 aromatic carbocycles. The number of ketones is 1. The van der Waals surface area contributed by atoms with E-state index in [1.807, 2.05) is 0 Å². The molecular formula is C22H32O3. The Labute approximate surface area is 151 Å². The van der Waals surface area contributed by atoms with E-state index in [2.05, 4.69) is 32.1 Å². The maximum Gasteiger partial charge on any atom is 0.185 e. The minimum absolute atomic E-state index is 0.0760. The van der Waals surface area contributed by atoms with Gasteiger partial charge < -0.3 is 9.84 Å². The van der Waals surface area contributed by atoms with Crippen molar-refractivity contribution in [3.8, 4) is 0 Å². The second-order valence-electron chi connectivity index (χ2n) is 7.92. The summed E-state index contributed by atoms with van der Waals surface area (Å²) in [5, 5.41) is 9.95. The van der Waals surface area contributed by atoms with Crippen LogP contribution in [0.4, 0.5) is 0 Å². The molecule has 1 saturated carbocycles. The summed E-state index contributed by atoms with van der Waals surface area (Å²) in [7, 11) is 0. The molecule has 5 atom stereocenters. The third-order valence-electron chi connectivity index (χ3n) is 5.88. The SMILES string of the molecule is CCCCCCC/C=C/[C@@H]1O[C@H]2C(=O)C=C3C[C@@H](O)C[C@H]3[C@@H]2C=C1C. The number of aliphatic hydroxyl groups excluding tert-OH is 1. The van der Waals surface area contributed by atoms with E-state index >= 15 is 0 Å². The fourth-order valence-corrected chi connectivity index (χ4v) is 4.49. The summed E-state index contributed by atoms with van der Waals surface area (Å²) in [5.74, 6) is 0.451. The number of aliphatic hydroxyl groups is 1. The fraction of sp³-hybridized carbons (Fsp3) is 0.682. The van der Waals surface area contributed by atoms with Crippen molar-refractivity contribution in [3.05, 3.63) is 35.5 Å². The zero-order valence-electron chi connectivity index (χ0n) is 15.6. The standard InChI is InChI=1S/C22H32O3/c1-3-4-5-6-7-8-9-10-21-15(2)11-19-18-14-17(23)12-16(18)13-20(24)22(19)25-21/h9-11,13,17-19,21-23H,3-8,12,14H2,1-2H3/b10-9+/t17-,18-,19+,21+,22-/m1/s1. The summed E-state index contributed by atoms with van der Waals surface area (Å²) in [6, 6.07) is 0. The molecule has 0 amide bonds. The number of allylic oxidation sites excluding steroid dienone is 1. The lowest BCUT2D eigenvalue weighted by Crippen LogP contribution is -2.44. The van der Waals surface area contributed by atoms with Crippen LogP contribution in [0.2, 0.25) is 0 Å². The van der Waals surface area contributed by atoms with Crippen LogP contribution < -0.4 is 0 Å². The van der Waals surface area contributed by atoms with Gasteiger partial charge in [0.2, 0.25) is 0 Å². The van der Waals surface area contributed by atoms with Crippen LogP contribution in [0, 0.1) is 11.8 Å². The van der Waals surface area contributed by atoms with E-state index < -0.39 is 0 Å². The topological polar surface area (TPSA) is 46.5 Å². The van der Waals surface area contributed by atoms with Crippen LogP contribution in [0.25, 0.3) is 0 Å². The average molecular weight is 344 g/mol. The van der Waals surface area contributed by atoms with E-state index in [1.165, 1.54) is 37.7 Å². The molecule has 0 radical (unpaired) electrons. The van der Waals surface area contributed by atoms with Gasteiger partial charge in [-0.15, -0.1) is 0 Å². The second kappa shape index (κ2) is 8.46. The second-order valence-corrected chi connectivity index (χ2v) is 7.92. The van der Waals surface area contributed by atoms with Gasteiger partial charge in [-0.3, -0.25) is 4.79 Å². The summed E-state index contributed by atoms with van der Waals surface area (Å²) >= 11 is 0. The van der Waals surface area contributed by atoms with Crippen LogP contribution in [-0.2, 0) is 9.53 Å². The van der Waals surface area contributed by atoms with Crippen molar-refractivity contribution >= 4 is 5.78 Å². The highest BCUT2D eigenvalue weighted by atomic mass is 16.5. The van der Waals surface area contributed by atoms with Gasteiger partial charge in [-0.25, -0.2) is 0 Å². The van der Waals surface area contributed by atoms with Crippen molar-refractivity contribution < 1.29 is 14.6 Å². The molecule has 3 aliphatic rings. The van der Waals surface area contributed by atoms with Gasteiger partial charge >= 0.3 is 0 Å². The molecule has 3 nitrogen and oxygen atoms in total. The molecule has 3 rings (SSSR count). The van der Waals surface area contributed by atoms with E-state index in [0.717, 1.165) is 18.4 Å². The monoisotopic (exact) mass is 344 g/mol. The van der Waals surface area contributed by atoms with Crippen LogP contribution in [0.5, 0.6) is 0 Å². The summed E-state index contributed by atoms with van der Waals surface area (Å²) in [4.78, 5) is 12.5. The Morgan fingerprint density at radius 2 is 2.08 bits per heavy atom. The first kappa shape index (κ1) is 18.6. The number of ether oxygens (including phenoxy) is 1. The van der Waals surface area contributed by atoms with E-state index in [4.69, 9.17) is 4.74 Å². The normalized spacial score (nSPS) is 34.7. The number of unbranched alkanes of at least 4 members (excludes halogenated alkanes) is 5. The van der Waals surface area contributed by atoms with Crippen LogP contribution in [0.3, 0.4) is 0 Å². The van der Waals surface area contributed by atoms with Gasteiger partial charge in [0.25, 0.3) is 0 Å². The molecule has 1 N–H and O–H groups in total. The first-order valence-corrected chi connectivity index (χ1v) is 10.0. The van der Waals surface area contributed by atoms with E-state index in [0.29, 0.717) is 6.42 Å². The Morgan fingerprint density at radius 3 is 2.88 bits per heavy atom. The third-order valence-corrected chi connectivity index (χ3v) is 5.88. The van der Waals surface area contributed by atoms with Crippen molar-refractivity contribution in [2.24, 2.45) is 11.8 Å². The Hall–Kier alpha value is -1.19. The van der Waals surface area contributed by atoms with E-state index in [-0.39, 0.29) is 35.9 Å². The maximum absolute atomic E-state index is 12.5. The highest BCUT2D eigenvalue weighted by molar-refractivity contribution is 5.96. The lowest BCUT2D eigenvalue weighted by molar-refractivity contribution is -0.133. The summed E-state index contributed by atoms with van der Waals surface area (Å²) in [6.45, 7) is 4.33. The highest BCUT2D eigenvalue weighted by Gasteiger charge is 2.45. The van der Waals surface area contributed by atoms with E-state index in [1.54, 1.807) is 6.08 Å². The Balaban J connectivity index is 1.58. The molecule has 0 unspecified atom stereocenters. The summed E-state index contributed by atoms with van der Waals surface area (Å²) in [5.41, 5.74) is 2.31. The zero-order chi connectivity index (χ0) is 17.8. The van der Waals surface area contributed by atoms with Crippen molar-refractivity contribution in [1.82, 2.24) is 0 Å². The van der Waals surface area contributed by atoms with Gasteiger partial charge in [0, 0.05) is 5.92 Å². The molecule has 1 fully saturated rings. The smallest absolute Gasteiger partial charge is 0.185 e. The van der Waals surface area contributed by atoms with Crippen molar-refractivity contribution in [2.75, 3.05) is 0 Å². The number of hydrogen-bond acceptors (Lipinski definition) is 3. The highest BCUT2D eigenvalue weighted by Crippen LogP contribution is 2.45. The molecule has 2 aliphatic carbocycles. The molecule has 0 spiro atoms. The molecule has 138 valence electrons. The quantitative estimate of drug-likeness (QED) is 0.546. The number of rotatable bonds is 7. The van der Waals surface area contributed by atoms with Crippen molar-refractivity contribution in [2.45, 2.75) is 83.5 Å². The summed E-state index contributed by atoms with van der Waals surface area (Å²) < 4.78 is 6.17. The number of carbonyl (C=O) groups is 1. The van der Waals surface area contributed by atoms with Crippen LogP contribution in [0.1, 0.15) is 65.2 Å². The van der Waals surface area contributed by atoms with Crippen LogP contribution in [-0.4, -0.2) is 29.2 Å². The Bertz CT molecular complexity index is 572. The molecular weight excluding hydrogens is 312 g/mol. The molecule has 25 heavy (non-hydrogen) atoms. The molecule has 0 aromatic heterocycles. The van der Waals surface area contributed by atoms with Crippen molar-refractivity contribution in [1.29, 1.82) is 0 Å². The molecule has 1 heterocycles. The van der Waals surface area contributed by atoms with E-state index in [9.17, 15) is 9.90 Å². The third kappa shape index (κ3) is 4.32. The minimum atomic E-state index is -0.373. The van der Waals surface area contributed by atoms with Crippen molar-refractivity contribution in [3.63, 3.8) is 0 Å². The van der Waals surface area contributed by atoms with Gasteiger partial charge in [-0.1, -0.05) is 56.4 Å². The number of carbonyl (C=O) groups excluding carboxylic acids is 1. The molecule has 0 aromatic rings. The van der Waals surface area contributed by atoms with Crippen LogP contribution >= 0.6 is 0 Å². The predicted molar refractivity (Wildman–Crippen MR) is 100 cm³/mol. The molecule has 1 aliphatic heterocycles. The van der Waals surface area contributed by atoms with Crippen LogP contribution in [0.15, 0.2) is 35.5 Å². The van der Waals surface area contributed by atoms with Gasteiger partial charge in [-0.2, -0.15) is 0 Å². The molecule has 3 heteroatoms. The van der Waals surface area contributed by atoms with Gasteiger partial charge in [-0.05, 0) is 50.2 Å².